The van der Waals surface area contributed by atoms with E-state index in [0.29, 0.717) is 77.9 Å². The zero-order valence-electron chi connectivity index (χ0n) is 31.5. The van der Waals surface area contributed by atoms with Crippen molar-refractivity contribution >= 4 is 40.8 Å². The van der Waals surface area contributed by atoms with Crippen molar-refractivity contribution in [2.24, 2.45) is 11.1 Å². The summed E-state index contributed by atoms with van der Waals surface area (Å²) in [6.45, 7) is 5.59. The number of amides is 5. The number of likely N-dealkylation sites (tertiary alicyclic amines) is 1. The fourth-order valence-electron chi connectivity index (χ4n) is 7.24. The summed E-state index contributed by atoms with van der Waals surface area (Å²) in [4.78, 5) is 68.6. The van der Waals surface area contributed by atoms with Gasteiger partial charge in [-0.1, -0.05) is 79.2 Å². The average Bonchev–Trinajstić information content (AvgIpc) is 3.19. The molecule has 2 aliphatic heterocycles. The van der Waals surface area contributed by atoms with Crippen LogP contribution in [0.5, 0.6) is 0 Å². The van der Waals surface area contributed by atoms with E-state index in [4.69, 9.17) is 10.5 Å². The quantitative estimate of drug-likeness (QED) is 0.168. The first-order valence-electron chi connectivity index (χ1n) is 19.0. The van der Waals surface area contributed by atoms with E-state index in [0.717, 1.165) is 41.2 Å². The number of aldehydes is 1. The van der Waals surface area contributed by atoms with Gasteiger partial charge in [0.2, 0.25) is 24.0 Å². The molecule has 0 radical (unpaired) electrons. The monoisotopic (exact) mass is 766 g/mol. The summed E-state index contributed by atoms with van der Waals surface area (Å²) < 4.78 is 31.2. The van der Waals surface area contributed by atoms with Crippen molar-refractivity contribution in [3.8, 4) is 0 Å². The molecule has 2 fully saturated rings. The molecule has 5 rings (SSSR count). The third kappa shape index (κ3) is 12.8. The topological polar surface area (TPSA) is 145 Å². The number of urea groups is 1. The molecule has 4 N–H and O–H groups in total. The predicted octanol–water partition coefficient (Wildman–Crippen LogP) is 4.86. The number of hydrogen-bond acceptors (Lipinski definition) is 6. The Balaban J connectivity index is 0.00000104. The lowest BCUT2D eigenvalue weighted by Crippen LogP contribution is -2.60. The second-order valence-electron chi connectivity index (χ2n) is 14.2. The molecule has 0 saturated carbocycles. The molecule has 55 heavy (non-hydrogen) atoms. The second-order valence-corrected chi connectivity index (χ2v) is 14.2. The molecule has 2 saturated heterocycles. The Morgan fingerprint density at radius 3 is 2.15 bits per heavy atom. The normalized spacial score (nSPS) is 17.8. The third-order valence-electron chi connectivity index (χ3n) is 10.1. The summed E-state index contributed by atoms with van der Waals surface area (Å²) >= 11 is 0. The van der Waals surface area contributed by atoms with Gasteiger partial charge in [-0.15, -0.1) is 0 Å². The fraction of sp³-hybridized carbons (Fsp3) is 0.488. The molecule has 2 atom stereocenters. The molecule has 0 bridgehead atoms. The van der Waals surface area contributed by atoms with E-state index in [1.165, 1.54) is 0 Å². The van der Waals surface area contributed by atoms with Gasteiger partial charge in [0.15, 0.2) is 0 Å². The van der Waals surface area contributed by atoms with Crippen LogP contribution in [0.25, 0.3) is 10.8 Å². The van der Waals surface area contributed by atoms with Gasteiger partial charge in [-0.05, 0) is 67.5 Å². The number of unbranched alkanes of at least 4 members (excludes halogenated alkanes) is 2. The van der Waals surface area contributed by atoms with Gasteiger partial charge in [0.05, 0.1) is 5.41 Å². The standard InChI is InChI=1S/C39H52N6O4.C2HF3O/c1-2-41-37(48)39(28-30-12-5-3-6-13-30)19-11-21-45(29-39)36(47)34(27-31-17-18-32-14-8-9-15-33(32)26-31)42-38(49)44-24-22-43(23-25-44)35(46)16-7-4-10-20-40;3-2(4,5)1-6/h3,5-6,8-9,12-15,17-18,26,34H,2,4,7,10-11,16,19-25,27-29,40H2,1H3,(H,41,48)(H,42,49);1H/t34-,39+;/m1./s1. The van der Waals surface area contributed by atoms with Crippen molar-refractivity contribution in [3.63, 3.8) is 0 Å². The summed E-state index contributed by atoms with van der Waals surface area (Å²) in [6, 6.07) is 23.0. The van der Waals surface area contributed by atoms with Crippen molar-refractivity contribution in [2.45, 2.75) is 70.5 Å². The number of hydrogen-bond donors (Lipinski definition) is 3. The lowest BCUT2D eigenvalue weighted by atomic mass is 9.74. The van der Waals surface area contributed by atoms with Crippen LogP contribution in [0.4, 0.5) is 18.0 Å². The zero-order chi connectivity index (χ0) is 39.8. The van der Waals surface area contributed by atoms with E-state index in [1.807, 2.05) is 72.5 Å². The number of nitrogens with two attached hydrogens (primary N) is 1. The van der Waals surface area contributed by atoms with Crippen LogP contribution in [0.1, 0.15) is 56.6 Å². The molecule has 2 aliphatic rings. The number of carbonyl (C=O) groups is 5. The molecule has 3 aromatic carbocycles. The molecule has 3 aromatic rings. The van der Waals surface area contributed by atoms with Gasteiger partial charge in [-0.25, -0.2) is 4.79 Å². The Kier molecular flexibility index (Phi) is 16.0. The number of nitrogens with one attached hydrogen (secondary N) is 2. The summed E-state index contributed by atoms with van der Waals surface area (Å²) in [5.41, 5.74) is 6.81. The number of halogens is 3. The zero-order valence-corrected chi connectivity index (χ0v) is 31.5. The van der Waals surface area contributed by atoms with Crippen LogP contribution in [0, 0.1) is 5.41 Å². The molecule has 0 spiro atoms. The van der Waals surface area contributed by atoms with Crippen LogP contribution in [0.3, 0.4) is 0 Å². The Bertz CT molecular complexity index is 1730. The largest absolute Gasteiger partial charge is 0.446 e. The molecule has 0 unspecified atom stereocenters. The first kappa shape index (κ1) is 42.8. The maximum atomic E-state index is 14.5. The van der Waals surface area contributed by atoms with Crippen molar-refractivity contribution < 1.29 is 37.1 Å². The summed E-state index contributed by atoms with van der Waals surface area (Å²) in [6.07, 6.45) is -0.328. The average molecular weight is 767 g/mol. The van der Waals surface area contributed by atoms with Gasteiger partial charge >= 0.3 is 12.2 Å². The summed E-state index contributed by atoms with van der Waals surface area (Å²) in [7, 11) is 0. The third-order valence-corrected chi connectivity index (χ3v) is 10.1. The number of piperidine rings is 1. The van der Waals surface area contributed by atoms with E-state index in [-0.39, 0.29) is 30.3 Å². The molecular formula is C41H53F3N6O5. The van der Waals surface area contributed by atoms with E-state index < -0.39 is 23.9 Å². The van der Waals surface area contributed by atoms with Gasteiger partial charge < -0.3 is 31.1 Å². The minimum absolute atomic E-state index is 0.0433. The summed E-state index contributed by atoms with van der Waals surface area (Å²) in [5.74, 6) is -0.120. The molecule has 0 aliphatic carbocycles. The van der Waals surface area contributed by atoms with E-state index >= 15 is 0 Å². The van der Waals surface area contributed by atoms with Crippen LogP contribution in [0.2, 0.25) is 0 Å². The number of fused-ring (bicyclic) bond motifs is 1. The summed E-state index contributed by atoms with van der Waals surface area (Å²) in [5, 5.41) is 8.30. The van der Waals surface area contributed by atoms with Crippen LogP contribution in [-0.2, 0) is 32.0 Å². The van der Waals surface area contributed by atoms with Gasteiger partial charge in [-0.2, -0.15) is 13.2 Å². The maximum Gasteiger partial charge on any atom is 0.446 e. The number of piperazine rings is 1. The fourth-order valence-corrected chi connectivity index (χ4v) is 7.24. The highest BCUT2D eigenvalue weighted by Crippen LogP contribution is 2.35. The predicted molar refractivity (Wildman–Crippen MR) is 205 cm³/mol. The Hall–Kier alpha value is -4.98. The van der Waals surface area contributed by atoms with Gasteiger partial charge in [0.25, 0.3) is 0 Å². The highest BCUT2D eigenvalue weighted by molar-refractivity contribution is 5.90. The maximum absolute atomic E-state index is 14.5. The Morgan fingerprint density at radius 1 is 0.836 bits per heavy atom. The lowest BCUT2D eigenvalue weighted by molar-refractivity contribution is -0.156. The molecule has 11 nitrogen and oxygen atoms in total. The second kappa shape index (κ2) is 20.6. The van der Waals surface area contributed by atoms with E-state index in [2.05, 4.69) is 22.8 Å². The first-order valence-corrected chi connectivity index (χ1v) is 19.0. The molecule has 5 amide bonds. The molecular weight excluding hydrogens is 713 g/mol. The van der Waals surface area contributed by atoms with E-state index in [1.54, 1.807) is 9.80 Å². The van der Waals surface area contributed by atoms with Crippen molar-refractivity contribution in [3.05, 3.63) is 83.9 Å². The highest BCUT2D eigenvalue weighted by Gasteiger charge is 2.44. The highest BCUT2D eigenvalue weighted by atomic mass is 19.4. The number of rotatable bonds is 13. The SMILES string of the molecule is CCNC(=O)[C@]1(Cc2ccccc2)CCCN(C(=O)[C@@H](Cc2ccc3ccccc3c2)NC(=O)N2CCN(C(=O)CCCCCN)CC2)C1.O=CC(F)(F)F. The van der Waals surface area contributed by atoms with Crippen LogP contribution < -0.4 is 16.4 Å². The van der Waals surface area contributed by atoms with Crippen LogP contribution in [0.15, 0.2) is 72.8 Å². The van der Waals surface area contributed by atoms with Gasteiger partial charge in [0.1, 0.15) is 6.04 Å². The van der Waals surface area contributed by atoms with Crippen molar-refractivity contribution in [2.75, 3.05) is 52.4 Å². The number of benzene rings is 3. The van der Waals surface area contributed by atoms with Crippen LogP contribution in [-0.4, -0.2) is 109 Å². The van der Waals surface area contributed by atoms with Gasteiger partial charge in [0, 0.05) is 58.7 Å². The van der Waals surface area contributed by atoms with Crippen molar-refractivity contribution in [1.29, 1.82) is 0 Å². The molecule has 14 heteroatoms. The molecule has 298 valence electrons. The number of nitrogens with zero attached hydrogens (tertiary/aromatic N) is 3. The molecule has 2 heterocycles. The molecule has 0 aromatic heterocycles. The lowest BCUT2D eigenvalue weighted by Gasteiger charge is -2.43. The Labute approximate surface area is 320 Å². The van der Waals surface area contributed by atoms with Gasteiger partial charge in [-0.3, -0.25) is 19.2 Å². The number of carbonyl (C=O) groups excluding carboxylic acids is 5. The van der Waals surface area contributed by atoms with E-state index in [9.17, 15) is 32.3 Å². The first-order chi connectivity index (χ1) is 26.4. The number of alkyl halides is 3. The van der Waals surface area contributed by atoms with Crippen LogP contribution >= 0.6 is 0 Å². The van der Waals surface area contributed by atoms with Crippen molar-refractivity contribution in [1.82, 2.24) is 25.3 Å². The minimum Gasteiger partial charge on any atom is -0.356 e. The Morgan fingerprint density at radius 2 is 1.49 bits per heavy atom. The minimum atomic E-state index is -4.64. The smallest absolute Gasteiger partial charge is 0.356 e.